The Labute approximate surface area is 160 Å². The molecule has 1 saturated heterocycles. The fraction of sp³-hybridized carbons (Fsp3) is 0.364. The molecule has 2 aromatic carbocycles. The zero-order chi connectivity index (χ0) is 18.1. The van der Waals surface area contributed by atoms with Crippen LogP contribution in [0.15, 0.2) is 48.5 Å². The van der Waals surface area contributed by atoms with Gasteiger partial charge in [0.2, 0.25) is 0 Å². The predicted molar refractivity (Wildman–Crippen MR) is 110 cm³/mol. The number of hydrogen-bond donors (Lipinski definition) is 1. The number of rotatable bonds is 4. The number of likely N-dealkylation sites (N-methyl/N-ethyl adjacent to an activating group) is 1. The van der Waals surface area contributed by atoms with Crippen molar-refractivity contribution in [1.29, 1.82) is 0 Å². The van der Waals surface area contributed by atoms with Crippen LogP contribution in [-0.4, -0.2) is 47.5 Å². The number of H-pyrrole nitrogens is 1. The molecule has 1 aromatic heterocycles. The number of benzene rings is 2. The lowest BCUT2D eigenvalue weighted by Crippen LogP contribution is -2.47. The van der Waals surface area contributed by atoms with Gasteiger partial charge < -0.3 is 9.88 Å². The molecule has 3 nitrogen and oxygen atoms in total. The average molecular weight is 368 g/mol. The molecule has 3 aromatic rings. The maximum Gasteiger partial charge on any atom is 0.0626 e. The van der Waals surface area contributed by atoms with Crippen molar-refractivity contribution >= 4 is 22.5 Å². The minimum absolute atomic E-state index is 0.252. The molecule has 2 heterocycles. The summed E-state index contributed by atoms with van der Waals surface area (Å²) < 4.78 is 0. The molecule has 1 fully saturated rings. The van der Waals surface area contributed by atoms with Crippen molar-refractivity contribution in [2.75, 3.05) is 32.7 Å². The topological polar surface area (TPSA) is 22.3 Å². The molecule has 1 N–H and O–H groups in total. The van der Waals surface area contributed by atoms with E-state index >= 15 is 0 Å². The summed E-state index contributed by atoms with van der Waals surface area (Å²) in [4.78, 5) is 8.73. The number of nitrogens with one attached hydrogen (secondary N) is 1. The van der Waals surface area contributed by atoms with Crippen LogP contribution >= 0.6 is 11.6 Å². The van der Waals surface area contributed by atoms with E-state index in [4.69, 9.17) is 11.6 Å². The Morgan fingerprint density at radius 1 is 1.00 bits per heavy atom. The van der Waals surface area contributed by atoms with Crippen molar-refractivity contribution in [3.05, 3.63) is 70.4 Å². The smallest absolute Gasteiger partial charge is 0.0626 e. The second kappa shape index (κ2) is 7.43. The molecule has 1 aliphatic heterocycles. The van der Waals surface area contributed by atoms with E-state index in [2.05, 4.69) is 65.0 Å². The molecule has 4 heteroatoms. The molecule has 1 atom stereocenters. The highest BCUT2D eigenvalue weighted by atomic mass is 35.5. The van der Waals surface area contributed by atoms with E-state index in [1.54, 1.807) is 0 Å². The van der Waals surface area contributed by atoms with Gasteiger partial charge in [-0.2, -0.15) is 0 Å². The van der Waals surface area contributed by atoms with E-state index in [1.807, 2.05) is 12.1 Å². The third-order valence-electron chi connectivity index (χ3n) is 5.62. The largest absolute Gasteiger partial charge is 0.358 e. The van der Waals surface area contributed by atoms with Crippen molar-refractivity contribution in [2.45, 2.75) is 19.9 Å². The van der Waals surface area contributed by atoms with E-state index < -0.39 is 0 Å². The number of para-hydroxylation sites is 1. The molecule has 1 aliphatic rings. The standard InChI is InChI=1S/C22H26ClN3/c1-3-25-12-14-26(15-13-25)22(17-8-10-18(23)11-9-17)21-16(2)24-20-7-5-4-6-19(20)21/h4-11,22,24H,3,12-15H2,1-2H3/t22-/m0/s1. The van der Waals surface area contributed by atoms with E-state index in [0.29, 0.717) is 0 Å². The first-order valence-corrected chi connectivity index (χ1v) is 9.84. The lowest BCUT2D eigenvalue weighted by Gasteiger charge is -2.39. The number of aryl methyl sites for hydroxylation is 1. The Morgan fingerprint density at radius 2 is 1.69 bits per heavy atom. The summed E-state index contributed by atoms with van der Waals surface area (Å²) in [5, 5.41) is 2.11. The summed E-state index contributed by atoms with van der Waals surface area (Å²) in [6.07, 6.45) is 0. The fourth-order valence-corrected chi connectivity index (χ4v) is 4.32. The zero-order valence-electron chi connectivity index (χ0n) is 15.5. The highest BCUT2D eigenvalue weighted by Gasteiger charge is 2.29. The monoisotopic (exact) mass is 367 g/mol. The summed E-state index contributed by atoms with van der Waals surface area (Å²) in [5.74, 6) is 0. The van der Waals surface area contributed by atoms with Crippen molar-refractivity contribution in [2.24, 2.45) is 0 Å². The van der Waals surface area contributed by atoms with Crippen LogP contribution in [0.4, 0.5) is 0 Å². The Morgan fingerprint density at radius 3 is 2.38 bits per heavy atom. The normalized spacial score (nSPS) is 17.7. The van der Waals surface area contributed by atoms with Crippen molar-refractivity contribution in [1.82, 2.24) is 14.8 Å². The molecule has 4 rings (SSSR count). The van der Waals surface area contributed by atoms with Gasteiger partial charge in [-0.3, -0.25) is 4.90 Å². The van der Waals surface area contributed by atoms with Gasteiger partial charge in [0.25, 0.3) is 0 Å². The van der Waals surface area contributed by atoms with Gasteiger partial charge in [-0.05, 0) is 37.2 Å². The van der Waals surface area contributed by atoms with Gasteiger partial charge in [0.15, 0.2) is 0 Å². The predicted octanol–water partition coefficient (Wildman–Crippen LogP) is 4.86. The Bertz CT molecular complexity index is 876. The number of aromatic amines is 1. The molecule has 0 spiro atoms. The number of fused-ring (bicyclic) bond motifs is 1. The van der Waals surface area contributed by atoms with E-state index in [1.165, 1.54) is 27.7 Å². The van der Waals surface area contributed by atoms with Crippen molar-refractivity contribution in [3.63, 3.8) is 0 Å². The molecule has 26 heavy (non-hydrogen) atoms. The Balaban J connectivity index is 1.80. The maximum atomic E-state index is 6.16. The van der Waals surface area contributed by atoms with Crippen LogP contribution < -0.4 is 0 Å². The minimum Gasteiger partial charge on any atom is -0.358 e. The Hall–Kier alpha value is -1.81. The van der Waals surface area contributed by atoms with Crippen LogP contribution in [0.1, 0.15) is 29.8 Å². The number of hydrogen-bond acceptors (Lipinski definition) is 2. The number of piperazine rings is 1. The summed E-state index contributed by atoms with van der Waals surface area (Å²) in [5.41, 5.74) is 5.18. The van der Waals surface area contributed by atoms with E-state index in [9.17, 15) is 0 Å². The summed E-state index contributed by atoms with van der Waals surface area (Å²) >= 11 is 6.16. The second-order valence-corrected chi connectivity index (χ2v) is 7.57. The average Bonchev–Trinajstić information content (AvgIpc) is 3.00. The van der Waals surface area contributed by atoms with Crippen molar-refractivity contribution < 1.29 is 0 Å². The molecular weight excluding hydrogens is 342 g/mol. The molecule has 136 valence electrons. The molecule has 0 amide bonds. The van der Waals surface area contributed by atoms with E-state index in [-0.39, 0.29) is 6.04 Å². The molecular formula is C22H26ClN3. The first-order chi connectivity index (χ1) is 12.7. The third-order valence-corrected chi connectivity index (χ3v) is 5.87. The van der Waals surface area contributed by atoms with Gasteiger partial charge in [-0.25, -0.2) is 0 Å². The quantitative estimate of drug-likeness (QED) is 0.711. The molecule has 0 unspecified atom stereocenters. The number of halogens is 1. The highest BCUT2D eigenvalue weighted by molar-refractivity contribution is 6.30. The first kappa shape index (κ1) is 17.6. The van der Waals surface area contributed by atoms with Gasteiger partial charge in [0.1, 0.15) is 0 Å². The third kappa shape index (κ3) is 3.27. The van der Waals surface area contributed by atoms with Crippen LogP contribution in [0.25, 0.3) is 10.9 Å². The van der Waals surface area contributed by atoms with Gasteiger partial charge in [0, 0.05) is 53.4 Å². The molecule has 0 aliphatic carbocycles. The van der Waals surface area contributed by atoms with Crippen LogP contribution in [0.3, 0.4) is 0 Å². The van der Waals surface area contributed by atoms with Gasteiger partial charge in [0.05, 0.1) is 6.04 Å². The molecule has 0 bridgehead atoms. The zero-order valence-corrected chi connectivity index (χ0v) is 16.3. The summed E-state index contributed by atoms with van der Waals surface area (Å²) in [6.45, 7) is 9.99. The maximum absolute atomic E-state index is 6.16. The highest BCUT2D eigenvalue weighted by Crippen LogP contribution is 2.37. The SMILES string of the molecule is CCN1CCN([C@@H](c2ccc(Cl)cc2)c2c(C)[nH]c3ccccc23)CC1. The van der Waals surface area contributed by atoms with Crippen molar-refractivity contribution in [3.8, 4) is 0 Å². The van der Waals surface area contributed by atoms with Gasteiger partial charge in [-0.15, -0.1) is 0 Å². The molecule has 0 saturated carbocycles. The van der Waals surface area contributed by atoms with Crippen LogP contribution in [0.2, 0.25) is 5.02 Å². The number of aromatic nitrogens is 1. The second-order valence-electron chi connectivity index (χ2n) is 7.13. The number of nitrogens with zero attached hydrogens (tertiary/aromatic N) is 2. The van der Waals surface area contributed by atoms with E-state index in [0.717, 1.165) is 37.7 Å². The summed E-state index contributed by atoms with van der Waals surface area (Å²) in [7, 11) is 0. The van der Waals surface area contributed by atoms with Crippen LogP contribution in [0, 0.1) is 6.92 Å². The van der Waals surface area contributed by atoms with Crippen LogP contribution in [-0.2, 0) is 0 Å². The lowest BCUT2D eigenvalue weighted by atomic mass is 9.94. The van der Waals surface area contributed by atoms with Crippen LogP contribution in [0.5, 0.6) is 0 Å². The summed E-state index contributed by atoms with van der Waals surface area (Å²) in [6, 6.07) is 17.3. The molecule has 0 radical (unpaired) electrons. The minimum atomic E-state index is 0.252. The van der Waals surface area contributed by atoms with Gasteiger partial charge >= 0.3 is 0 Å². The fourth-order valence-electron chi connectivity index (χ4n) is 4.19. The first-order valence-electron chi connectivity index (χ1n) is 9.46. The lowest BCUT2D eigenvalue weighted by molar-refractivity contribution is 0.113. The Kier molecular flexibility index (Phi) is 5.03. The van der Waals surface area contributed by atoms with Gasteiger partial charge in [-0.1, -0.05) is 48.9 Å².